The predicted molar refractivity (Wildman–Crippen MR) is 76.1 cm³/mol. The number of rotatable bonds is 5. The highest BCUT2D eigenvalue weighted by molar-refractivity contribution is 6.35. The van der Waals surface area contributed by atoms with Crippen molar-refractivity contribution in [1.29, 1.82) is 0 Å². The molecule has 1 aromatic rings. The quantitative estimate of drug-likeness (QED) is 0.847. The predicted octanol–water partition coefficient (Wildman–Crippen LogP) is 3.26. The molecular formula is C13H17Cl2FN2O. The van der Waals surface area contributed by atoms with Crippen LogP contribution in [-0.4, -0.2) is 31.4 Å². The minimum absolute atomic E-state index is 0.00346. The summed E-state index contributed by atoms with van der Waals surface area (Å²) in [6.45, 7) is 2.35. The molecular weight excluding hydrogens is 290 g/mol. The number of benzene rings is 1. The number of hydrogen-bond acceptors (Lipinski definition) is 2. The molecule has 106 valence electrons. The minimum Gasteiger partial charge on any atom is -0.349 e. The van der Waals surface area contributed by atoms with Crippen LogP contribution in [0.5, 0.6) is 0 Å². The molecule has 1 rings (SSSR count). The third kappa shape index (κ3) is 4.64. The van der Waals surface area contributed by atoms with E-state index in [1.54, 1.807) is 14.1 Å². The van der Waals surface area contributed by atoms with E-state index in [1.165, 1.54) is 17.0 Å². The number of carbonyl (C=O) groups excluding carboxylic acids is 1. The Hall–Kier alpha value is -0.840. The van der Waals surface area contributed by atoms with Gasteiger partial charge in [0.05, 0.1) is 5.02 Å². The zero-order valence-corrected chi connectivity index (χ0v) is 12.6. The lowest BCUT2D eigenvalue weighted by atomic mass is 10.1. The Morgan fingerprint density at radius 3 is 2.58 bits per heavy atom. The number of nitrogens with one attached hydrogen (secondary N) is 1. The van der Waals surface area contributed by atoms with Crippen LogP contribution in [0.4, 0.5) is 4.39 Å². The molecule has 3 nitrogen and oxygen atoms in total. The Morgan fingerprint density at radius 2 is 2.00 bits per heavy atom. The van der Waals surface area contributed by atoms with Crippen LogP contribution in [0.2, 0.25) is 10.0 Å². The normalized spacial score (nSPS) is 12.3. The summed E-state index contributed by atoms with van der Waals surface area (Å²) in [6.07, 6.45) is 0.380. The van der Waals surface area contributed by atoms with Crippen LogP contribution in [0, 0.1) is 5.82 Å². The summed E-state index contributed by atoms with van der Waals surface area (Å²) < 4.78 is 13.4. The second-order valence-electron chi connectivity index (χ2n) is 4.50. The van der Waals surface area contributed by atoms with Crippen molar-refractivity contribution in [1.82, 2.24) is 10.2 Å². The van der Waals surface area contributed by atoms with Crippen molar-refractivity contribution in [3.8, 4) is 0 Å². The summed E-state index contributed by atoms with van der Waals surface area (Å²) in [5, 5.41) is 3.54. The van der Waals surface area contributed by atoms with Gasteiger partial charge >= 0.3 is 0 Å². The van der Waals surface area contributed by atoms with Crippen molar-refractivity contribution < 1.29 is 9.18 Å². The Kier molecular flexibility index (Phi) is 6.04. The molecule has 1 amide bonds. The summed E-state index contributed by atoms with van der Waals surface area (Å²) in [7, 11) is 3.41. The van der Waals surface area contributed by atoms with E-state index in [0.717, 1.165) is 0 Å². The fourth-order valence-electron chi connectivity index (χ4n) is 1.60. The maximum atomic E-state index is 13.4. The first-order chi connectivity index (χ1) is 8.82. The molecule has 0 aromatic heterocycles. The molecule has 0 aliphatic carbocycles. The fourth-order valence-corrected chi connectivity index (χ4v) is 2.15. The maximum absolute atomic E-state index is 13.4. The van der Waals surface area contributed by atoms with Crippen molar-refractivity contribution in [2.75, 3.05) is 20.6 Å². The van der Waals surface area contributed by atoms with E-state index >= 15 is 0 Å². The van der Waals surface area contributed by atoms with Crippen LogP contribution in [-0.2, 0) is 4.79 Å². The zero-order valence-electron chi connectivity index (χ0n) is 11.1. The van der Waals surface area contributed by atoms with Crippen LogP contribution in [0.15, 0.2) is 12.1 Å². The van der Waals surface area contributed by atoms with Gasteiger partial charge in [-0.05, 0) is 24.6 Å². The van der Waals surface area contributed by atoms with Gasteiger partial charge in [0.1, 0.15) is 5.82 Å². The smallest absolute Gasteiger partial charge is 0.223 e. The molecule has 0 fully saturated rings. The first-order valence-corrected chi connectivity index (χ1v) is 6.66. The molecule has 0 radical (unpaired) electrons. The van der Waals surface area contributed by atoms with Gasteiger partial charge in [0.2, 0.25) is 5.91 Å². The van der Waals surface area contributed by atoms with Crippen LogP contribution in [0.3, 0.4) is 0 Å². The Balaban J connectivity index is 2.61. The second kappa shape index (κ2) is 7.08. The van der Waals surface area contributed by atoms with Crippen LogP contribution in [0.1, 0.15) is 24.9 Å². The highest BCUT2D eigenvalue weighted by Crippen LogP contribution is 2.28. The number of amides is 1. The third-order valence-corrected chi connectivity index (χ3v) is 3.41. The molecule has 1 N–H and O–H groups in total. The van der Waals surface area contributed by atoms with Crippen LogP contribution >= 0.6 is 23.2 Å². The van der Waals surface area contributed by atoms with Gasteiger partial charge in [-0.1, -0.05) is 23.2 Å². The summed E-state index contributed by atoms with van der Waals surface area (Å²) in [5.74, 6) is -0.466. The molecule has 0 aliphatic rings. The van der Waals surface area contributed by atoms with Gasteiger partial charge in [-0.3, -0.25) is 4.79 Å². The summed E-state index contributed by atoms with van der Waals surface area (Å²) in [4.78, 5) is 12.9. The van der Waals surface area contributed by atoms with Crippen molar-refractivity contribution >= 4 is 29.1 Å². The average Bonchev–Trinajstić information content (AvgIpc) is 2.33. The molecule has 0 saturated heterocycles. The third-order valence-electron chi connectivity index (χ3n) is 2.79. The molecule has 0 heterocycles. The highest BCUT2D eigenvalue weighted by atomic mass is 35.5. The van der Waals surface area contributed by atoms with E-state index in [0.29, 0.717) is 23.6 Å². The van der Waals surface area contributed by atoms with Crippen molar-refractivity contribution in [3.63, 3.8) is 0 Å². The molecule has 0 aliphatic heterocycles. The van der Waals surface area contributed by atoms with Crippen LogP contribution in [0.25, 0.3) is 0 Å². The Labute approximate surface area is 122 Å². The lowest BCUT2D eigenvalue weighted by Gasteiger charge is -2.17. The first kappa shape index (κ1) is 16.2. The minimum atomic E-state index is -0.501. The first-order valence-electron chi connectivity index (χ1n) is 5.91. The van der Waals surface area contributed by atoms with E-state index in [9.17, 15) is 9.18 Å². The van der Waals surface area contributed by atoms with Gasteiger partial charge in [-0.15, -0.1) is 0 Å². The number of nitrogens with zero attached hydrogens (tertiary/aromatic N) is 1. The molecule has 0 saturated carbocycles. The monoisotopic (exact) mass is 306 g/mol. The maximum Gasteiger partial charge on any atom is 0.223 e. The molecule has 1 aromatic carbocycles. The molecule has 0 spiro atoms. The van der Waals surface area contributed by atoms with E-state index in [4.69, 9.17) is 23.2 Å². The van der Waals surface area contributed by atoms with Gasteiger partial charge in [-0.25, -0.2) is 4.39 Å². The van der Waals surface area contributed by atoms with E-state index in [-0.39, 0.29) is 17.0 Å². The molecule has 0 bridgehead atoms. The standard InChI is InChI=1S/C13H17Cl2FN2O/c1-8(17-5-4-13(19)18(2)3)9-6-12(16)11(15)7-10(9)14/h6-8,17H,4-5H2,1-3H3. The summed E-state index contributed by atoms with van der Waals surface area (Å²) in [5.41, 5.74) is 0.626. The van der Waals surface area contributed by atoms with E-state index < -0.39 is 5.82 Å². The van der Waals surface area contributed by atoms with Crippen molar-refractivity contribution in [2.45, 2.75) is 19.4 Å². The fraction of sp³-hybridized carbons (Fsp3) is 0.462. The van der Waals surface area contributed by atoms with Crippen molar-refractivity contribution in [3.05, 3.63) is 33.6 Å². The van der Waals surface area contributed by atoms with Gasteiger partial charge < -0.3 is 10.2 Å². The lowest BCUT2D eigenvalue weighted by molar-refractivity contribution is -0.128. The van der Waals surface area contributed by atoms with Crippen LogP contribution < -0.4 is 5.32 Å². The molecule has 1 unspecified atom stereocenters. The molecule has 6 heteroatoms. The summed E-state index contributed by atoms with van der Waals surface area (Å²) >= 11 is 11.7. The van der Waals surface area contributed by atoms with Gasteiger partial charge in [0.25, 0.3) is 0 Å². The van der Waals surface area contributed by atoms with E-state index in [1.807, 2.05) is 6.92 Å². The Morgan fingerprint density at radius 1 is 1.37 bits per heavy atom. The van der Waals surface area contributed by atoms with E-state index in [2.05, 4.69) is 5.32 Å². The molecule has 19 heavy (non-hydrogen) atoms. The lowest BCUT2D eigenvalue weighted by Crippen LogP contribution is -2.28. The van der Waals surface area contributed by atoms with Crippen molar-refractivity contribution in [2.24, 2.45) is 0 Å². The zero-order chi connectivity index (χ0) is 14.6. The van der Waals surface area contributed by atoms with Gasteiger partial charge in [-0.2, -0.15) is 0 Å². The topological polar surface area (TPSA) is 32.3 Å². The number of carbonyl (C=O) groups is 1. The summed E-state index contributed by atoms with van der Waals surface area (Å²) in [6, 6.07) is 2.54. The number of hydrogen-bond donors (Lipinski definition) is 1. The van der Waals surface area contributed by atoms with Gasteiger partial charge in [0.15, 0.2) is 0 Å². The van der Waals surface area contributed by atoms with Gasteiger partial charge in [0, 0.05) is 38.1 Å². The number of halogens is 3. The average molecular weight is 307 g/mol. The molecule has 1 atom stereocenters. The SMILES string of the molecule is CC(NCCC(=O)N(C)C)c1cc(F)c(Cl)cc1Cl. The highest BCUT2D eigenvalue weighted by Gasteiger charge is 2.13. The second-order valence-corrected chi connectivity index (χ2v) is 5.32. The Bertz CT molecular complexity index is 466. The largest absolute Gasteiger partial charge is 0.349 e.